The molecule has 9 heteroatoms. The van der Waals surface area contributed by atoms with Crippen LogP contribution in [0.1, 0.15) is 5.56 Å². The topological polar surface area (TPSA) is 97.4 Å². The van der Waals surface area contributed by atoms with Gasteiger partial charge in [-0.2, -0.15) is 5.10 Å². The van der Waals surface area contributed by atoms with Crippen molar-refractivity contribution in [3.05, 3.63) is 33.6 Å². The number of nitrogen functional groups attached to an aromatic ring is 1. The second-order valence-corrected chi connectivity index (χ2v) is 7.61. The van der Waals surface area contributed by atoms with E-state index in [1.807, 2.05) is 0 Å². The number of nitrogens with two attached hydrogens (primary N) is 1. The first kappa shape index (κ1) is 14.9. The molecule has 20 heavy (non-hydrogen) atoms. The molecule has 1 heterocycles. The molecule has 0 aliphatic rings. The van der Waals surface area contributed by atoms with Crippen molar-refractivity contribution < 1.29 is 8.42 Å². The fourth-order valence-corrected chi connectivity index (χ4v) is 3.95. The molecule has 0 fully saturated rings. The van der Waals surface area contributed by atoms with Crippen molar-refractivity contribution in [3.63, 3.8) is 0 Å². The van der Waals surface area contributed by atoms with Gasteiger partial charge >= 0.3 is 0 Å². The van der Waals surface area contributed by atoms with Gasteiger partial charge in [-0.1, -0.05) is 6.07 Å². The molecule has 0 atom stereocenters. The summed E-state index contributed by atoms with van der Waals surface area (Å²) in [7, 11) is -3.24. The summed E-state index contributed by atoms with van der Waals surface area (Å²) in [5, 5.41) is 6.30. The summed E-state index contributed by atoms with van der Waals surface area (Å²) in [4.78, 5) is 4.23. The van der Waals surface area contributed by atoms with Gasteiger partial charge in [0.2, 0.25) is 5.13 Å². The van der Waals surface area contributed by atoms with Crippen LogP contribution < -0.4 is 11.2 Å². The van der Waals surface area contributed by atoms with E-state index in [-0.39, 0.29) is 4.90 Å². The van der Waals surface area contributed by atoms with E-state index >= 15 is 0 Å². The number of aromatic nitrogens is 1. The first-order chi connectivity index (χ1) is 9.36. The van der Waals surface area contributed by atoms with Gasteiger partial charge in [0.25, 0.3) is 0 Å². The SMILES string of the molecule is CS(=O)(=O)c1ccc(C=NNc2nc(N)cs2)cc1Br. The lowest BCUT2D eigenvalue weighted by molar-refractivity contribution is 0.601. The number of anilines is 2. The maximum Gasteiger partial charge on any atom is 0.205 e. The van der Waals surface area contributed by atoms with Crippen molar-refractivity contribution in [1.82, 2.24) is 4.98 Å². The molecular formula is C11H11BrN4O2S2. The maximum absolute atomic E-state index is 11.5. The average molecular weight is 375 g/mol. The monoisotopic (exact) mass is 374 g/mol. The molecule has 0 aliphatic carbocycles. The molecule has 1 aromatic carbocycles. The number of hydrogen-bond acceptors (Lipinski definition) is 7. The van der Waals surface area contributed by atoms with Gasteiger partial charge in [-0.15, -0.1) is 11.3 Å². The predicted octanol–water partition coefficient (Wildman–Crippen LogP) is 2.34. The van der Waals surface area contributed by atoms with Crippen molar-refractivity contribution >= 4 is 54.3 Å². The maximum atomic E-state index is 11.5. The molecule has 0 aliphatic heterocycles. The average Bonchev–Trinajstić information content (AvgIpc) is 2.73. The zero-order valence-corrected chi connectivity index (χ0v) is 13.6. The smallest absolute Gasteiger partial charge is 0.205 e. The lowest BCUT2D eigenvalue weighted by Gasteiger charge is -2.02. The summed E-state index contributed by atoms with van der Waals surface area (Å²) < 4.78 is 23.4. The molecule has 0 radical (unpaired) electrons. The van der Waals surface area contributed by atoms with Gasteiger partial charge in [-0.05, 0) is 33.6 Å². The van der Waals surface area contributed by atoms with Crippen LogP contribution in [-0.2, 0) is 9.84 Å². The fourth-order valence-electron chi connectivity index (χ4n) is 1.40. The number of nitrogens with one attached hydrogen (secondary N) is 1. The molecule has 0 unspecified atom stereocenters. The van der Waals surface area contributed by atoms with Crippen molar-refractivity contribution in [2.45, 2.75) is 4.90 Å². The van der Waals surface area contributed by atoms with E-state index in [1.54, 1.807) is 23.7 Å². The summed E-state index contributed by atoms with van der Waals surface area (Å²) in [6.07, 6.45) is 2.73. The standard InChI is InChI=1S/C11H11BrN4O2S2/c1-20(17,18)9-3-2-7(4-8(9)12)5-14-16-11-15-10(13)6-19-11/h2-6H,13H2,1H3,(H,15,16). The molecule has 0 saturated heterocycles. The summed E-state index contributed by atoms with van der Waals surface area (Å²) in [5.74, 6) is 0.438. The van der Waals surface area contributed by atoms with Crippen LogP contribution in [0.15, 0.2) is 38.0 Å². The largest absolute Gasteiger partial charge is 0.383 e. The minimum Gasteiger partial charge on any atom is -0.383 e. The second kappa shape index (κ2) is 5.90. The number of halogens is 1. The molecule has 6 nitrogen and oxygen atoms in total. The van der Waals surface area contributed by atoms with Crippen molar-refractivity contribution in [2.75, 3.05) is 17.4 Å². The van der Waals surface area contributed by atoms with Gasteiger partial charge in [0, 0.05) is 16.1 Å². The zero-order chi connectivity index (χ0) is 14.8. The van der Waals surface area contributed by atoms with Gasteiger partial charge in [-0.25, -0.2) is 13.4 Å². The van der Waals surface area contributed by atoms with Crippen LogP contribution in [0.3, 0.4) is 0 Å². The highest BCUT2D eigenvalue weighted by Gasteiger charge is 2.11. The number of sulfone groups is 1. The molecule has 0 bridgehead atoms. The van der Waals surface area contributed by atoms with Crippen molar-refractivity contribution in [2.24, 2.45) is 5.10 Å². The highest BCUT2D eigenvalue weighted by Crippen LogP contribution is 2.22. The van der Waals surface area contributed by atoms with Crippen LogP contribution in [0.4, 0.5) is 10.9 Å². The summed E-state index contributed by atoms with van der Waals surface area (Å²) in [5.41, 5.74) is 8.98. The van der Waals surface area contributed by atoms with E-state index in [0.29, 0.717) is 15.4 Å². The Hall–Kier alpha value is -1.45. The lowest BCUT2D eigenvalue weighted by Crippen LogP contribution is -1.99. The predicted molar refractivity (Wildman–Crippen MR) is 85.0 cm³/mol. The third kappa shape index (κ3) is 3.78. The Morgan fingerprint density at radius 1 is 1.50 bits per heavy atom. The number of rotatable bonds is 4. The van der Waals surface area contributed by atoms with E-state index in [9.17, 15) is 8.42 Å². The summed E-state index contributed by atoms with van der Waals surface area (Å²) >= 11 is 4.58. The highest BCUT2D eigenvalue weighted by atomic mass is 79.9. The van der Waals surface area contributed by atoms with Crippen LogP contribution in [0.25, 0.3) is 0 Å². The fraction of sp³-hybridized carbons (Fsp3) is 0.0909. The summed E-state index contributed by atoms with van der Waals surface area (Å²) in [6, 6.07) is 4.88. The Bertz CT molecular complexity index is 756. The number of thiazole rings is 1. The quantitative estimate of drug-likeness (QED) is 0.632. The van der Waals surface area contributed by atoms with Crippen LogP contribution in [0.2, 0.25) is 0 Å². The molecule has 0 saturated carbocycles. The molecule has 2 aromatic rings. The first-order valence-electron chi connectivity index (χ1n) is 5.36. The molecule has 2 rings (SSSR count). The van der Waals surface area contributed by atoms with E-state index in [0.717, 1.165) is 11.8 Å². The summed E-state index contributed by atoms with van der Waals surface area (Å²) in [6.45, 7) is 0. The second-order valence-electron chi connectivity index (χ2n) is 3.91. The Kier molecular flexibility index (Phi) is 4.41. The molecule has 0 amide bonds. The minimum atomic E-state index is -3.24. The van der Waals surface area contributed by atoms with E-state index in [4.69, 9.17) is 5.73 Å². The third-order valence-electron chi connectivity index (χ3n) is 2.25. The van der Waals surface area contributed by atoms with Crippen LogP contribution in [0, 0.1) is 0 Å². The lowest BCUT2D eigenvalue weighted by atomic mass is 10.2. The first-order valence-corrected chi connectivity index (χ1v) is 8.92. The van der Waals surface area contributed by atoms with Gasteiger partial charge in [0.05, 0.1) is 11.1 Å². The molecule has 3 N–H and O–H groups in total. The number of benzene rings is 1. The molecular weight excluding hydrogens is 364 g/mol. The number of hydrogen-bond donors (Lipinski definition) is 2. The van der Waals surface area contributed by atoms with E-state index in [2.05, 4.69) is 31.4 Å². The Labute approximate surface area is 128 Å². The van der Waals surface area contributed by atoms with Gasteiger partial charge in [0.15, 0.2) is 9.84 Å². The highest BCUT2D eigenvalue weighted by molar-refractivity contribution is 9.10. The molecule has 106 valence electrons. The van der Waals surface area contributed by atoms with Crippen LogP contribution >= 0.6 is 27.3 Å². The number of nitrogens with zero attached hydrogens (tertiary/aromatic N) is 2. The normalized spacial score (nSPS) is 11.9. The number of hydrazone groups is 1. The van der Waals surface area contributed by atoms with Crippen molar-refractivity contribution in [3.8, 4) is 0 Å². The Morgan fingerprint density at radius 3 is 2.80 bits per heavy atom. The Morgan fingerprint density at radius 2 is 2.25 bits per heavy atom. The van der Waals surface area contributed by atoms with E-state index in [1.165, 1.54) is 17.4 Å². The van der Waals surface area contributed by atoms with Crippen LogP contribution in [0.5, 0.6) is 0 Å². The zero-order valence-electron chi connectivity index (χ0n) is 10.4. The molecule has 1 aromatic heterocycles. The van der Waals surface area contributed by atoms with E-state index < -0.39 is 9.84 Å². The third-order valence-corrected chi connectivity index (χ3v) is 5.09. The van der Waals surface area contributed by atoms with Crippen molar-refractivity contribution in [1.29, 1.82) is 0 Å². The van der Waals surface area contributed by atoms with Gasteiger partial charge in [0.1, 0.15) is 5.82 Å². The van der Waals surface area contributed by atoms with Gasteiger partial charge in [-0.3, -0.25) is 5.43 Å². The minimum absolute atomic E-state index is 0.246. The molecule has 0 spiro atoms. The Balaban J connectivity index is 2.13. The van der Waals surface area contributed by atoms with Crippen LogP contribution in [-0.4, -0.2) is 25.9 Å². The van der Waals surface area contributed by atoms with Gasteiger partial charge < -0.3 is 5.73 Å².